The number of rotatable bonds is 4. The van der Waals surface area contributed by atoms with E-state index in [9.17, 15) is 9.59 Å². The molecule has 148 valence electrons. The fourth-order valence-corrected chi connectivity index (χ4v) is 3.73. The van der Waals surface area contributed by atoms with Crippen LogP contribution in [0.4, 0.5) is 0 Å². The van der Waals surface area contributed by atoms with Gasteiger partial charge in [-0.2, -0.15) is 5.10 Å². The van der Waals surface area contributed by atoms with Gasteiger partial charge in [0.15, 0.2) is 0 Å². The molecule has 2 aromatic carbocycles. The number of aromatic nitrogens is 2. The van der Waals surface area contributed by atoms with Crippen molar-refractivity contribution in [1.29, 1.82) is 0 Å². The van der Waals surface area contributed by atoms with Gasteiger partial charge in [-0.05, 0) is 31.9 Å². The first kappa shape index (κ1) is 18.9. The summed E-state index contributed by atoms with van der Waals surface area (Å²) in [6.07, 6.45) is 3.28. The molecule has 1 saturated heterocycles. The molecular weight excluding hydrogens is 364 g/mol. The van der Waals surface area contributed by atoms with E-state index in [0.717, 1.165) is 29.7 Å². The summed E-state index contributed by atoms with van der Waals surface area (Å²) in [7, 11) is 0. The first-order valence-corrected chi connectivity index (χ1v) is 9.83. The lowest BCUT2D eigenvalue weighted by atomic mass is 9.96. The van der Waals surface area contributed by atoms with E-state index in [1.165, 1.54) is 0 Å². The number of benzene rings is 2. The molecule has 6 nitrogen and oxygen atoms in total. The number of para-hydroxylation sites is 1. The molecule has 1 atom stereocenters. The third-order valence-corrected chi connectivity index (χ3v) is 5.40. The molecule has 0 aliphatic carbocycles. The van der Waals surface area contributed by atoms with Gasteiger partial charge in [0.25, 0.3) is 5.91 Å². The van der Waals surface area contributed by atoms with E-state index in [1.54, 1.807) is 15.8 Å². The Balaban J connectivity index is 1.74. The number of primary amides is 1. The predicted molar refractivity (Wildman–Crippen MR) is 112 cm³/mol. The normalized spacial score (nSPS) is 16.6. The van der Waals surface area contributed by atoms with E-state index in [2.05, 4.69) is 0 Å². The fraction of sp³-hybridized carbons (Fsp3) is 0.261. The number of likely N-dealkylation sites (tertiary alicyclic amines) is 1. The largest absolute Gasteiger partial charge is 0.369 e. The first-order valence-electron chi connectivity index (χ1n) is 9.83. The van der Waals surface area contributed by atoms with Crippen LogP contribution in [0, 0.1) is 12.8 Å². The zero-order valence-electron chi connectivity index (χ0n) is 16.4. The highest BCUT2D eigenvalue weighted by molar-refractivity contribution is 6.00. The maximum atomic E-state index is 13.4. The summed E-state index contributed by atoms with van der Waals surface area (Å²) in [6.45, 7) is 3.00. The van der Waals surface area contributed by atoms with Crippen molar-refractivity contribution in [1.82, 2.24) is 14.7 Å². The number of carbonyl (C=O) groups is 2. The van der Waals surface area contributed by atoms with Crippen molar-refractivity contribution in [2.45, 2.75) is 19.8 Å². The van der Waals surface area contributed by atoms with Crippen LogP contribution in [0.5, 0.6) is 0 Å². The molecule has 0 saturated carbocycles. The lowest BCUT2D eigenvalue weighted by molar-refractivity contribution is -0.123. The van der Waals surface area contributed by atoms with Crippen molar-refractivity contribution in [3.63, 3.8) is 0 Å². The van der Waals surface area contributed by atoms with Gasteiger partial charge in [-0.25, -0.2) is 4.68 Å². The molecule has 0 bridgehead atoms. The number of carbonyl (C=O) groups excluding carboxylic acids is 2. The lowest BCUT2D eigenvalue weighted by Crippen LogP contribution is -2.44. The summed E-state index contributed by atoms with van der Waals surface area (Å²) in [5.41, 5.74) is 9.57. The molecule has 0 radical (unpaired) electrons. The van der Waals surface area contributed by atoms with Crippen LogP contribution in [-0.4, -0.2) is 39.6 Å². The first-order chi connectivity index (χ1) is 14.0. The van der Waals surface area contributed by atoms with E-state index >= 15 is 0 Å². The van der Waals surface area contributed by atoms with Gasteiger partial charge in [-0.1, -0.05) is 48.0 Å². The number of hydrogen-bond donors (Lipinski definition) is 1. The highest BCUT2D eigenvalue weighted by Gasteiger charge is 2.30. The molecule has 0 spiro atoms. The van der Waals surface area contributed by atoms with E-state index in [1.807, 2.05) is 61.5 Å². The van der Waals surface area contributed by atoms with Crippen LogP contribution in [0.25, 0.3) is 16.9 Å². The number of hydrogen-bond acceptors (Lipinski definition) is 3. The van der Waals surface area contributed by atoms with Gasteiger partial charge in [-0.3, -0.25) is 9.59 Å². The zero-order valence-corrected chi connectivity index (χ0v) is 16.4. The van der Waals surface area contributed by atoms with Crippen LogP contribution >= 0.6 is 0 Å². The Labute approximate surface area is 169 Å². The Hall–Kier alpha value is -3.41. The second-order valence-electron chi connectivity index (χ2n) is 7.53. The average molecular weight is 388 g/mol. The quantitative estimate of drug-likeness (QED) is 0.745. The van der Waals surface area contributed by atoms with E-state index < -0.39 is 0 Å². The molecule has 3 aromatic rings. The molecule has 1 fully saturated rings. The average Bonchev–Trinajstić information content (AvgIpc) is 3.20. The molecule has 2 heterocycles. The van der Waals surface area contributed by atoms with Gasteiger partial charge in [0.1, 0.15) is 5.69 Å². The summed E-state index contributed by atoms with van der Waals surface area (Å²) in [4.78, 5) is 26.8. The molecule has 2 amide bonds. The molecular formula is C23H24N4O2. The van der Waals surface area contributed by atoms with Crippen molar-refractivity contribution < 1.29 is 9.59 Å². The minimum absolute atomic E-state index is 0.117. The van der Waals surface area contributed by atoms with E-state index in [4.69, 9.17) is 10.8 Å². The molecule has 1 unspecified atom stereocenters. The molecule has 29 heavy (non-hydrogen) atoms. The highest BCUT2D eigenvalue weighted by Crippen LogP contribution is 2.27. The Morgan fingerprint density at radius 1 is 1.07 bits per heavy atom. The van der Waals surface area contributed by atoms with Gasteiger partial charge in [-0.15, -0.1) is 0 Å². The van der Waals surface area contributed by atoms with Crippen molar-refractivity contribution in [2.24, 2.45) is 11.7 Å². The number of piperidine rings is 1. The molecule has 1 aliphatic heterocycles. The Kier molecular flexibility index (Phi) is 5.16. The highest BCUT2D eigenvalue weighted by atomic mass is 16.2. The van der Waals surface area contributed by atoms with Gasteiger partial charge in [0.05, 0.1) is 17.2 Å². The molecule has 2 N–H and O–H groups in total. The monoisotopic (exact) mass is 388 g/mol. The minimum Gasteiger partial charge on any atom is -0.369 e. The maximum Gasteiger partial charge on any atom is 0.257 e. The Bertz CT molecular complexity index is 1020. The summed E-state index contributed by atoms with van der Waals surface area (Å²) in [5, 5.41) is 4.73. The van der Waals surface area contributed by atoms with Crippen LogP contribution in [0.2, 0.25) is 0 Å². The van der Waals surface area contributed by atoms with Gasteiger partial charge in [0, 0.05) is 24.8 Å². The number of aryl methyl sites for hydroxylation is 1. The van der Waals surface area contributed by atoms with Crippen molar-refractivity contribution >= 4 is 11.8 Å². The lowest BCUT2D eigenvalue weighted by Gasteiger charge is -2.31. The fourth-order valence-electron chi connectivity index (χ4n) is 3.73. The molecule has 6 heteroatoms. The maximum absolute atomic E-state index is 13.4. The summed E-state index contributed by atoms with van der Waals surface area (Å²) < 4.78 is 1.73. The third kappa shape index (κ3) is 3.92. The van der Waals surface area contributed by atoms with Crippen molar-refractivity contribution in [3.8, 4) is 16.9 Å². The van der Waals surface area contributed by atoms with Crippen LogP contribution < -0.4 is 5.73 Å². The zero-order chi connectivity index (χ0) is 20.4. The van der Waals surface area contributed by atoms with Gasteiger partial charge < -0.3 is 10.6 Å². The predicted octanol–water partition coefficient (Wildman–Crippen LogP) is 3.19. The third-order valence-electron chi connectivity index (χ3n) is 5.40. The SMILES string of the molecule is Cc1ccc(-c2nn(-c3ccccc3)cc2C(=O)N2CCCC(C(N)=O)C2)cc1. The number of nitrogens with zero attached hydrogens (tertiary/aromatic N) is 3. The summed E-state index contributed by atoms with van der Waals surface area (Å²) >= 11 is 0. The minimum atomic E-state index is -0.346. The summed E-state index contributed by atoms with van der Waals surface area (Å²) in [5.74, 6) is -0.755. The van der Waals surface area contributed by atoms with Crippen LogP contribution in [0.3, 0.4) is 0 Å². The molecule has 1 aliphatic rings. The van der Waals surface area contributed by atoms with Crippen LogP contribution in [-0.2, 0) is 4.79 Å². The van der Waals surface area contributed by atoms with E-state index in [-0.39, 0.29) is 17.7 Å². The van der Waals surface area contributed by atoms with E-state index in [0.29, 0.717) is 24.3 Å². The second kappa shape index (κ2) is 7.91. The second-order valence-corrected chi connectivity index (χ2v) is 7.53. The Morgan fingerprint density at radius 2 is 1.79 bits per heavy atom. The summed E-state index contributed by atoms with van der Waals surface area (Å²) in [6, 6.07) is 17.7. The smallest absolute Gasteiger partial charge is 0.257 e. The van der Waals surface area contributed by atoms with Crippen LogP contribution in [0.1, 0.15) is 28.8 Å². The molecule has 4 rings (SSSR count). The number of nitrogens with two attached hydrogens (primary N) is 1. The topological polar surface area (TPSA) is 81.2 Å². The van der Waals surface area contributed by atoms with Gasteiger partial charge in [0.2, 0.25) is 5.91 Å². The molecule has 1 aromatic heterocycles. The van der Waals surface area contributed by atoms with Crippen molar-refractivity contribution in [3.05, 3.63) is 71.9 Å². The Morgan fingerprint density at radius 3 is 2.48 bits per heavy atom. The standard InChI is InChI=1S/C23H24N4O2/c1-16-9-11-17(12-10-16)21-20(15-27(25-21)19-7-3-2-4-8-19)23(29)26-13-5-6-18(14-26)22(24)28/h2-4,7-12,15,18H,5-6,13-14H2,1H3,(H2,24,28). The van der Waals surface area contributed by atoms with Crippen molar-refractivity contribution in [2.75, 3.05) is 13.1 Å². The van der Waals surface area contributed by atoms with Crippen LogP contribution in [0.15, 0.2) is 60.8 Å². The van der Waals surface area contributed by atoms with Gasteiger partial charge >= 0.3 is 0 Å². The number of amides is 2.